The Morgan fingerprint density at radius 1 is 1.07 bits per heavy atom. The monoisotopic (exact) mass is 377 g/mol. The number of rotatable bonds is 4. The van der Waals surface area contributed by atoms with Crippen LogP contribution in [0.2, 0.25) is 0 Å². The van der Waals surface area contributed by atoms with Crippen LogP contribution in [0.3, 0.4) is 0 Å². The van der Waals surface area contributed by atoms with Gasteiger partial charge in [-0.2, -0.15) is 0 Å². The van der Waals surface area contributed by atoms with Crippen molar-refractivity contribution in [3.63, 3.8) is 0 Å². The lowest BCUT2D eigenvalue weighted by molar-refractivity contribution is 0.102. The van der Waals surface area contributed by atoms with Gasteiger partial charge in [0.05, 0.1) is 11.3 Å². The van der Waals surface area contributed by atoms with Gasteiger partial charge in [0.25, 0.3) is 5.91 Å². The van der Waals surface area contributed by atoms with Crippen molar-refractivity contribution in [3.05, 3.63) is 59.5 Å². The summed E-state index contributed by atoms with van der Waals surface area (Å²) < 4.78 is 1.99. The Labute approximate surface area is 165 Å². The van der Waals surface area contributed by atoms with Gasteiger partial charge in [0.1, 0.15) is 5.65 Å². The number of hydrogen-bond donors (Lipinski definition) is 1. The highest BCUT2D eigenvalue weighted by atomic mass is 16.1. The number of aryl methyl sites for hydroxylation is 2. The molecule has 0 radical (unpaired) electrons. The number of imidazole rings is 1. The van der Waals surface area contributed by atoms with E-state index >= 15 is 0 Å². The summed E-state index contributed by atoms with van der Waals surface area (Å²) in [5, 5.41) is 3.00. The second-order valence-corrected chi connectivity index (χ2v) is 7.43. The lowest BCUT2D eigenvalue weighted by Gasteiger charge is -2.34. The van der Waals surface area contributed by atoms with Crippen molar-refractivity contribution in [1.82, 2.24) is 14.3 Å². The largest absolute Gasteiger partial charge is 0.369 e. The predicted octanol–water partition coefficient (Wildman–Crippen LogP) is 3.21. The molecule has 3 aromatic rings. The Bertz CT molecular complexity index is 984. The lowest BCUT2D eigenvalue weighted by Crippen LogP contribution is -2.44. The minimum Gasteiger partial charge on any atom is -0.369 e. The molecule has 6 nitrogen and oxygen atoms in total. The van der Waals surface area contributed by atoms with Crippen molar-refractivity contribution < 1.29 is 4.79 Å². The average Bonchev–Trinajstić information content (AvgIpc) is 3.04. The third kappa shape index (κ3) is 3.60. The third-order valence-corrected chi connectivity index (χ3v) is 5.55. The van der Waals surface area contributed by atoms with E-state index < -0.39 is 0 Å². The number of piperazine rings is 1. The van der Waals surface area contributed by atoms with Crippen LogP contribution in [-0.2, 0) is 6.42 Å². The van der Waals surface area contributed by atoms with Gasteiger partial charge in [-0.15, -0.1) is 0 Å². The number of aromatic nitrogens is 2. The smallest absolute Gasteiger partial charge is 0.257 e. The summed E-state index contributed by atoms with van der Waals surface area (Å²) in [7, 11) is 2.15. The second-order valence-electron chi connectivity index (χ2n) is 7.43. The first-order valence-corrected chi connectivity index (χ1v) is 9.87. The van der Waals surface area contributed by atoms with Gasteiger partial charge in [-0.1, -0.05) is 6.92 Å². The number of benzene rings is 1. The van der Waals surface area contributed by atoms with Gasteiger partial charge in [-0.3, -0.25) is 4.79 Å². The molecule has 0 aliphatic carbocycles. The van der Waals surface area contributed by atoms with E-state index in [9.17, 15) is 4.79 Å². The highest BCUT2D eigenvalue weighted by molar-refractivity contribution is 6.04. The number of pyridine rings is 1. The van der Waals surface area contributed by atoms with E-state index in [4.69, 9.17) is 0 Å². The predicted molar refractivity (Wildman–Crippen MR) is 113 cm³/mol. The Morgan fingerprint density at radius 2 is 1.79 bits per heavy atom. The molecule has 1 aliphatic heterocycles. The quantitative estimate of drug-likeness (QED) is 0.759. The average molecular weight is 377 g/mol. The SMILES string of the molecule is CCc1nc2ccc(C(=O)Nc3ccc(N4CCN(C)CC4)cc3)cn2c1C. The summed E-state index contributed by atoms with van der Waals surface area (Å²) >= 11 is 0. The Kier molecular flexibility index (Phi) is 5.05. The molecule has 1 saturated heterocycles. The fraction of sp³-hybridized carbons (Fsp3) is 0.364. The van der Waals surface area contributed by atoms with Gasteiger partial charge in [0.2, 0.25) is 0 Å². The van der Waals surface area contributed by atoms with E-state index in [2.05, 4.69) is 46.2 Å². The molecule has 0 spiro atoms. The highest BCUT2D eigenvalue weighted by Gasteiger charge is 2.15. The molecule has 0 bridgehead atoms. The molecule has 28 heavy (non-hydrogen) atoms. The van der Waals surface area contributed by atoms with Gasteiger partial charge in [-0.25, -0.2) is 4.98 Å². The highest BCUT2D eigenvalue weighted by Crippen LogP contribution is 2.20. The minimum atomic E-state index is -0.111. The zero-order valence-electron chi connectivity index (χ0n) is 16.8. The molecule has 4 rings (SSSR count). The maximum atomic E-state index is 12.7. The molecule has 1 aliphatic rings. The normalized spacial score (nSPS) is 15.2. The number of nitrogens with one attached hydrogen (secondary N) is 1. The molecule has 0 saturated carbocycles. The number of likely N-dealkylation sites (N-methyl/N-ethyl adjacent to an activating group) is 1. The standard InChI is InChI=1S/C22H27N5O/c1-4-20-16(2)27-15-17(5-10-21(27)24-20)22(28)23-18-6-8-19(9-7-18)26-13-11-25(3)12-14-26/h5-10,15H,4,11-14H2,1-3H3,(H,23,28). The van der Waals surface area contributed by atoms with E-state index in [1.807, 2.05) is 41.8 Å². The maximum absolute atomic E-state index is 12.7. The van der Waals surface area contributed by atoms with E-state index in [1.165, 1.54) is 5.69 Å². The first-order chi connectivity index (χ1) is 13.5. The third-order valence-electron chi connectivity index (χ3n) is 5.55. The number of nitrogens with zero attached hydrogens (tertiary/aromatic N) is 4. The molecule has 2 aromatic heterocycles. The second kappa shape index (κ2) is 7.64. The molecular weight excluding hydrogens is 350 g/mol. The van der Waals surface area contributed by atoms with Crippen molar-refractivity contribution in [1.29, 1.82) is 0 Å². The molecule has 146 valence electrons. The maximum Gasteiger partial charge on any atom is 0.257 e. The Hall–Kier alpha value is -2.86. The van der Waals surface area contributed by atoms with Crippen LogP contribution >= 0.6 is 0 Å². The molecule has 6 heteroatoms. The van der Waals surface area contributed by atoms with Crippen molar-refractivity contribution in [2.75, 3.05) is 43.4 Å². The van der Waals surface area contributed by atoms with Crippen molar-refractivity contribution in [2.45, 2.75) is 20.3 Å². The molecule has 3 heterocycles. The van der Waals surface area contributed by atoms with Crippen LogP contribution < -0.4 is 10.2 Å². The van der Waals surface area contributed by atoms with E-state index in [0.717, 1.165) is 55.3 Å². The van der Waals surface area contributed by atoms with Crippen LogP contribution in [-0.4, -0.2) is 53.4 Å². The number of hydrogen-bond acceptors (Lipinski definition) is 4. The van der Waals surface area contributed by atoms with Gasteiger partial charge >= 0.3 is 0 Å². The van der Waals surface area contributed by atoms with Crippen molar-refractivity contribution in [3.8, 4) is 0 Å². The van der Waals surface area contributed by atoms with E-state index in [-0.39, 0.29) is 5.91 Å². The fourth-order valence-electron chi connectivity index (χ4n) is 3.70. The lowest BCUT2D eigenvalue weighted by atomic mass is 10.2. The summed E-state index contributed by atoms with van der Waals surface area (Å²) in [4.78, 5) is 22.0. The number of carbonyl (C=O) groups is 1. The van der Waals surface area contributed by atoms with Crippen molar-refractivity contribution in [2.24, 2.45) is 0 Å². The Morgan fingerprint density at radius 3 is 2.46 bits per heavy atom. The molecular formula is C22H27N5O. The number of amides is 1. The fourth-order valence-corrected chi connectivity index (χ4v) is 3.70. The first-order valence-electron chi connectivity index (χ1n) is 9.87. The topological polar surface area (TPSA) is 52.9 Å². The number of fused-ring (bicyclic) bond motifs is 1. The summed E-state index contributed by atoms with van der Waals surface area (Å²) in [5.41, 5.74) is 5.66. The molecule has 0 unspecified atom stereocenters. The van der Waals surface area contributed by atoms with Gasteiger partial charge in [0, 0.05) is 49.4 Å². The first kappa shape index (κ1) is 18.5. The van der Waals surface area contributed by atoms with Crippen LogP contribution in [0.25, 0.3) is 5.65 Å². The minimum absolute atomic E-state index is 0.111. The zero-order chi connectivity index (χ0) is 19.7. The van der Waals surface area contributed by atoms with Crippen LogP contribution in [0.1, 0.15) is 28.7 Å². The molecule has 1 amide bonds. The van der Waals surface area contributed by atoms with Crippen LogP contribution in [0, 0.1) is 6.92 Å². The summed E-state index contributed by atoms with van der Waals surface area (Å²) in [5.74, 6) is -0.111. The summed E-state index contributed by atoms with van der Waals surface area (Å²) in [6.45, 7) is 8.35. The molecule has 1 aromatic carbocycles. The van der Waals surface area contributed by atoms with Gasteiger partial charge in [-0.05, 0) is 56.8 Å². The summed E-state index contributed by atoms with van der Waals surface area (Å²) in [6, 6.07) is 11.8. The van der Waals surface area contributed by atoms with Gasteiger partial charge in [0.15, 0.2) is 0 Å². The number of carbonyl (C=O) groups excluding carboxylic acids is 1. The zero-order valence-corrected chi connectivity index (χ0v) is 16.8. The Balaban J connectivity index is 1.47. The van der Waals surface area contributed by atoms with Crippen LogP contribution in [0.15, 0.2) is 42.6 Å². The van der Waals surface area contributed by atoms with Crippen LogP contribution in [0.4, 0.5) is 11.4 Å². The van der Waals surface area contributed by atoms with Gasteiger partial charge < -0.3 is 19.5 Å². The molecule has 1 fully saturated rings. The summed E-state index contributed by atoms with van der Waals surface area (Å²) in [6.07, 6.45) is 2.75. The number of anilines is 2. The van der Waals surface area contributed by atoms with E-state index in [0.29, 0.717) is 5.56 Å². The van der Waals surface area contributed by atoms with Crippen molar-refractivity contribution >= 4 is 22.9 Å². The molecule has 0 atom stereocenters. The molecule has 1 N–H and O–H groups in total. The van der Waals surface area contributed by atoms with Crippen LogP contribution in [0.5, 0.6) is 0 Å². The van der Waals surface area contributed by atoms with E-state index in [1.54, 1.807) is 0 Å².